The summed E-state index contributed by atoms with van der Waals surface area (Å²) in [6, 6.07) is 7.46. The third-order valence-electron chi connectivity index (χ3n) is 6.10. The number of pyridine rings is 1. The number of likely N-dealkylation sites (tertiary alicyclic amines) is 1. The minimum atomic E-state index is -0.506. The number of ether oxygens (including phenoxy) is 2. The number of amides is 1. The molecule has 0 saturated carbocycles. The Hall–Kier alpha value is -2.64. The molecule has 1 aliphatic rings. The van der Waals surface area contributed by atoms with Gasteiger partial charge in [-0.3, -0.25) is 4.98 Å². The van der Waals surface area contributed by atoms with Crippen molar-refractivity contribution in [2.45, 2.75) is 51.7 Å². The maximum atomic E-state index is 12.5. The predicted molar refractivity (Wildman–Crippen MR) is 125 cm³/mol. The number of rotatable bonds is 7. The SMILES string of the molecule is C=C[C@H]1CN(C(=O)OC(C)(C)C)CC[C@H]1CCC(NO)c1ccnc2ccc(OC)cc12. The van der Waals surface area contributed by atoms with Crippen LogP contribution in [0, 0.1) is 11.8 Å². The van der Waals surface area contributed by atoms with Crippen LogP contribution in [0.3, 0.4) is 0 Å². The van der Waals surface area contributed by atoms with Gasteiger partial charge in [-0.25, -0.2) is 4.79 Å². The van der Waals surface area contributed by atoms with Gasteiger partial charge in [0.05, 0.1) is 18.7 Å². The summed E-state index contributed by atoms with van der Waals surface area (Å²) in [6.45, 7) is 10.9. The van der Waals surface area contributed by atoms with Crippen molar-refractivity contribution in [3.05, 3.63) is 48.7 Å². The second-order valence-corrected chi connectivity index (χ2v) is 9.42. The van der Waals surface area contributed by atoms with E-state index in [0.717, 1.165) is 41.5 Å². The average molecular weight is 442 g/mol. The van der Waals surface area contributed by atoms with Crippen LogP contribution in [0.25, 0.3) is 10.9 Å². The maximum Gasteiger partial charge on any atom is 0.410 e. The van der Waals surface area contributed by atoms with E-state index >= 15 is 0 Å². The zero-order chi connectivity index (χ0) is 23.3. The summed E-state index contributed by atoms with van der Waals surface area (Å²) in [5, 5.41) is 10.9. The summed E-state index contributed by atoms with van der Waals surface area (Å²) in [6.07, 6.45) is 5.95. The molecule has 32 heavy (non-hydrogen) atoms. The molecule has 7 nitrogen and oxygen atoms in total. The number of hydrogen-bond acceptors (Lipinski definition) is 6. The highest BCUT2D eigenvalue weighted by Gasteiger charge is 2.32. The number of piperidine rings is 1. The highest BCUT2D eigenvalue weighted by atomic mass is 16.6. The van der Waals surface area contributed by atoms with Crippen molar-refractivity contribution in [3.8, 4) is 5.75 Å². The lowest BCUT2D eigenvalue weighted by atomic mass is 9.81. The predicted octanol–water partition coefficient (Wildman–Crippen LogP) is 5.10. The lowest BCUT2D eigenvalue weighted by Crippen LogP contribution is -2.45. The Morgan fingerprint density at radius 1 is 1.41 bits per heavy atom. The van der Waals surface area contributed by atoms with Gasteiger partial charge in [-0.1, -0.05) is 6.08 Å². The molecular weight excluding hydrogens is 406 g/mol. The summed E-state index contributed by atoms with van der Waals surface area (Å²) in [5.74, 6) is 1.32. The molecule has 0 bridgehead atoms. The van der Waals surface area contributed by atoms with Gasteiger partial charge in [0.2, 0.25) is 0 Å². The fraction of sp³-hybridized carbons (Fsp3) is 0.520. The smallest absolute Gasteiger partial charge is 0.410 e. The van der Waals surface area contributed by atoms with Gasteiger partial charge in [0.1, 0.15) is 11.4 Å². The van der Waals surface area contributed by atoms with Crippen LogP contribution in [0.1, 0.15) is 51.6 Å². The second-order valence-electron chi connectivity index (χ2n) is 9.42. The number of nitrogens with one attached hydrogen (secondary N) is 1. The van der Waals surface area contributed by atoms with Crippen molar-refractivity contribution in [2.24, 2.45) is 11.8 Å². The molecule has 1 amide bonds. The topological polar surface area (TPSA) is 83.9 Å². The van der Waals surface area contributed by atoms with E-state index in [4.69, 9.17) is 9.47 Å². The monoisotopic (exact) mass is 441 g/mol. The van der Waals surface area contributed by atoms with Crippen LogP contribution < -0.4 is 10.2 Å². The van der Waals surface area contributed by atoms with E-state index in [0.29, 0.717) is 19.0 Å². The van der Waals surface area contributed by atoms with Crippen molar-refractivity contribution in [2.75, 3.05) is 20.2 Å². The van der Waals surface area contributed by atoms with E-state index in [1.54, 1.807) is 18.2 Å². The van der Waals surface area contributed by atoms with Crippen LogP contribution in [-0.2, 0) is 4.74 Å². The van der Waals surface area contributed by atoms with Crippen LogP contribution in [0.4, 0.5) is 4.79 Å². The van der Waals surface area contributed by atoms with Crippen LogP contribution in [0.5, 0.6) is 5.75 Å². The minimum absolute atomic E-state index is 0.185. The summed E-state index contributed by atoms with van der Waals surface area (Å²) in [4.78, 5) is 18.7. The lowest BCUT2D eigenvalue weighted by molar-refractivity contribution is 0.0127. The van der Waals surface area contributed by atoms with Gasteiger partial charge in [-0.2, -0.15) is 5.48 Å². The summed E-state index contributed by atoms with van der Waals surface area (Å²) < 4.78 is 10.9. The maximum absolute atomic E-state index is 12.5. The molecule has 7 heteroatoms. The van der Waals surface area contributed by atoms with Gasteiger partial charge in [-0.05, 0) is 81.7 Å². The van der Waals surface area contributed by atoms with E-state index in [-0.39, 0.29) is 18.1 Å². The Balaban J connectivity index is 1.68. The molecule has 0 spiro atoms. The molecule has 0 aliphatic carbocycles. The van der Waals surface area contributed by atoms with E-state index in [1.807, 2.05) is 51.1 Å². The first-order valence-electron chi connectivity index (χ1n) is 11.2. The number of hydroxylamine groups is 1. The summed E-state index contributed by atoms with van der Waals surface area (Å²) >= 11 is 0. The van der Waals surface area contributed by atoms with Crippen molar-refractivity contribution in [3.63, 3.8) is 0 Å². The standard InChI is InChI=1S/C25H35N3O4/c1-6-17-16-28(24(29)32-25(2,3)4)14-12-18(17)7-9-23(27-30)20-11-13-26-22-10-8-19(31-5)15-21(20)22/h6,8,10-11,13,15,17-18,23,27,30H,1,7,9,12,14,16H2,2-5H3/t17-,18+,23?/m0/s1. The van der Waals surface area contributed by atoms with Crippen molar-refractivity contribution >= 4 is 17.0 Å². The average Bonchev–Trinajstić information content (AvgIpc) is 2.78. The molecule has 1 unspecified atom stereocenters. The van der Waals surface area contributed by atoms with E-state index in [2.05, 4.69) is 17.0 Å². The zero-order valence-electron chi connectivity index (χ0n) is 19.5. The molecule has 2 heterocycles. The number of methoxy groups -OCH3 is 1. The van der Waals surface area contributed by atoms with Crippen LogP contribution in [-0.4, -0.2) is 47.0 Å². The lowest BCUT2D eigenvalue weighted by Gasteiger charge is -2.38. The fourth-order valence-electron chi connectivity index (χ4n) is 4.40. The molecule has 1 aromatic heterocycles. The van der Waals surface area contributed by atoms with Crippen LogP contribution in [0.15, 0.2) is 43.1 Å². The Morgan fingerprint density at radius 3 is 2.84 bits per heavy atom. The number of fused-ring (bicyclic) bond motifs is 1. The molecule has 3 rings (SSSR count). The molecule has 0 radical (unpaired) electrons. The first kappa shape index (κ1) is 24.0. The Morgan fingerprint density at radius 2 is 2.19 bits per heavy atom. The van der Waals surface area contributed by atoms with Crippen molar-refractivity contribution in [1.29, 1.82) is 0 Å². The quantitative estimate of drug-likeness (QED) is 0.459. The fourth-order valence-corrected chi connectivity index (χ4v) is 4.40. The largest absolute Gasteiger partial charge is 0.497 e. The molecule has 2 aromatic rings. The molecule has 1 saturated heterocycles. The van der Waals surface area contributed by atoms with E-state index < -0.39 is 5.60 Å². The molecule has 1 aliphatic heterocycles. The Bertz CT molecular complexity index is 940. The first-order chi connectivity index (χ1) is 15.3. The van der Waals surface area contributed by atoms with E-state index in [1.165, 1.54) is 0 Å². The number of aromatic nitrogens is 1. The molecule has 1 aromatic carbocycles. The van der Waals surface area contributed by atoms with Crippen molar-refractivity contribution in [1.82, 2.24) is 15.4 Å². The summed E-state index contributed by atoms with van der Waals surface area (Å²) in [5.41, 5.74) is 3.83. The van der Waals surface area contributed by atoms with Gasteiger partial charge in [-0.15, -0.1) is 6.58 Å². The molecule has 1 fully saturated rings. The molecule has 2 N–H and O–H groups in total. The van der Waals surface area contributed by atoms with Crippen LogP contribution >= 0.6 is 0 Å². The van der Waals surface area contributed by atoms with Gasteiger partial charge < -0.3 is 19.6 Å². The summed E-state index contributed by atoms with van der Waals surface area (Å²) in [7, 11) is 1.64. The number of nitrogens with zero attached hydrogens (tertiary/aromatic N) is 2. The highest BCUT2D eigenvalue weighted by molar-refractivity contribution is 5.84. The number of benzene rings is 1. The van der Waals surface area contributed by atoms with Gasteiger partial charge in [0.25, 0.3) is 0 Å². The Kier molecular flexibility index (Phi) is 7.74. The molecule has 3 atom stereocenters. The number of carbonyl (C=O) groups excluding carboxylic acids is 1. The first-order valence-corrected chi connectivity index (χ1v) is 11.2. The van der Waals surface area contributed by atoms with Crippen LogP contribution in [0.2, 0.25) is 0 Å². The zero-order valence-corrected chi connectivity index (χ0v) is 19.5. The van der Waals surface area contributed by atoms with Gasteiger partial charge in [0.15, 0.2) is 0 Å². The van der Waals surface area contributed by atoms with Crippen molar-refractivity contribution < 1.29 is 19.5 Å². The van der Waals surface area contributed by atoms with E-state index in [9.17, 15) is 10.0 Å². The van der Waals surface area contributed by atoms with Gasteiger partial charge >= 0.3 is 6.09 Å². The molecular formula is C25H35N3O4. The highest BCUT2D eigenvalue weighted by Crippen LogP contribution is 2.34. The molecule has 174 valence electrons. The number of carbonyl (C=O) groups is 1. The third kappa shape index (κ3) is 5.78. The second kappa shape index (κ2) is 10.3. The Labute approximate surface area is 190 Å². The normalized spacial score (nSPS) is 20.1. The van der Waals surface area contributed by atoms with Gasteiger partial charge in [0, 0.05) is 24.7 Å². The minimum Gasteiger partial charge on any atom is -0.497 e. The number of hydrogen-bond donors (Lipinski definition) is 2. The third-order valence-corrected chi connectivity index (χ3v) is 6.10.